The lowest BCUT2D eigenvalue weighted by Crippen LogP contribution is -2.39. The fraction of sp³-hybridized carbons (Fsp3) is 0.462. The fourth-order valence-corrected chi connectivity index (χ4v) is 1.93. The number of anilines is 1. The molecule has 0 aromatic heterocycles. The van der Waals surface area contributed by atoms with Gasteiger partial charge in [-0.15, -0.1) is 0 Å². The fourth-order valence-electron chi connectivity index (χ4n) is 1.93. The van der Waals surface area contributed by atoms with Crippen LogP contribution in [0, 0.1) is 6.92 Å². The zero-order valence-corrected chi connectivity index (χ0v) is 10.9. The average molecular weight is 265 g/mol. The first-order chi connectivity index (χ1) is 9.20. The summed E-state index contributed by atoms with van der Waals surface area (Å²) >= 11 is 0. The second-order valence-corrected chi connectivity index (χ2v) is 4.45. The lowest BCUT2D eigenvalue weighted by Gasteiger charge is -2.23. The van der Waals surface area contributed by atoms with Gasteiger partial charge >= 0.3 is 0 Å². The summed E-state index contributed by atoms with van der Waals surface area (Å²) < 4.78 is 10.7. The number of amides is 1. The summed E-state index contributed by atoms with van der Waals surface area (Å²) in [7, 11) is 0. The Balaban J connectivity index is 1.90. The number of ether oxygens (including phenoxy) is 2. The van der Waals surface area contributed by atoms with Crippen molar-refractivity contribution in [1.29, 1.82) is 0 Å². The number of nitrogens with two attached hydrogens (primary N) is 1. The minimum absolute atomic E-state index is 0.0659. The summed E-state index contributed by atoms with van der Waals surface area (Å²) in [5.74, 6) is 5.23. The second kappa shape index (κ2) is 6.51. The van der Waals surface area contributed by atoms with Crippen molar-refractivity contribution in [3.05, 3.63) is 29.3 Å². The molecular weight excluding hydrogens is 246 g/mol. The first-order valence-corrected chi connectivity index (χ1v) is 6.25. The molecule has 1 atom stereocenters. The topological polar surface area (TPSA) is 85.6 Å². The predicted octanol–water partition coefficient (Wildman–Crippen LogP) is 0.426. The van der Waals surface area contributed by atoms with Crippen LogP contribution in [0.3, 0.4) is 0 Å². The Bertz CT molecular complexity index is 445. The number of aryl methyl sites for hydroxylation is 1. The van der Waals surface area contributed by atoms with E-state index >= 15 is 0 Å². The minimum Gasteiger partial charge on any atom is -0.376 e. The van der Waals surface area contributed by atoms with Crippen molar-refractivity contribution in [3.63, 3.8) is 0 Å². The van der Waals surface area contributed by atoms with Crippen LogP contribution in [0.2, 0.25) is 0 Å². The van der Waals surface area contributed by atoms with Crippen molar-refractivity contribution in [2.45, 2.75) is 13.0 Å². The van der Waals surface area contributed by atoms with Crippen molar-refractivity contribution in [2.75, 3.05) is 31.8 Å². The van der Waals surface area contributed by atoms with Gasteiger partial charge in [0.2, 0.25) is 0 Å². The highest BCUT2D eigenvalue weighted by molar-refractivity contribution is 5.94. The number of benzene rings is 1. The third-order valence-electron chi connectivity index (χ3n) is 3.02. The average Bonchev–Trinajstić information content (AvgIpc) is 2.45. The molecule has 0 spiro atoms. The number of nitrogens with one attached hydrogen (secondary N) is 2. The summed E-state index contributed by atoms with van der Waals surface area (Å²) in [6, 6.07) is 5.31. The molecule has 1 heterocycles. The van der Waals surface area contributed by atoms with Crippen molar-refractivity contribution in [1.82, 2.24) is 5.32 Å². The molecular formula is C13H19N3O3. The normalized spacial score (nSPS) is 18.9. The van der Waals surface area contributed by atoms with Crippen molar-refractivity contribution >= 4 is 11.6 Å². The molecule has 19 heavy (non-hydrogen) atoms. The largest absolute Gasteiger partial charge is 0.376 e. The highest BCUT2D eigenvalue weighted by Gasteiger charge is 2.16. The van der Waals surface area contributed by atoms with Crippen molar-refractivity contribution < 1.29 is 14.3 Å². The SMILES string of the molecule is Cc1cc(C(=O)NCC2COCCO2)ccc1NN. The number of hydrazine groups is 1. The highest BCUT2D eigenvalue weighted by Crippen LogP contribution is 2.15. The molecule has 6 nitrogen and oxygen atoms in total. The minimum atomic E-state index is -0.124. The smallest absolute Gasteiger partial charge is 0.251 e. The lowest BCUT2D eigenvalue weighted by atomic mass is 10.1. The van der Waals surface area contributed by atoms with Gasteiger partial charge in [-0.2, -0.15) is 0 Å². The number of nitrogen functional groups attached to an aromatic ring is 1. The Hall–Kier alpha value is -1.63. The van der Waals surface area contributed by atoms with Gasteiger partial charge in [0, 0.05) is 12.1 Å². The van der Waals surface area contributed by atoms with Gasteiger partial charge in [0.1, 0.15) is 0 Å². The van der Waals surface area contributed by atoms with Crippen LogP contribution in [0.15, 0.2) is 18.2 Å². The van der Waals surface area contributed by atoms with Crippen LogP contribution >= 0.6 is 0 Å². The van der Waals surface area contributed by atoms with Crippen LogP contribution in [0.4, 0.5) is 5.69 Å². The molecule has 1 fully saturated rings. The maximum Gasteiger partial charge on any atom is 0.251 e. The van der Waals surface area contributed by atoms with E-state index in [0.29, 0.717) is 31.9 Å². The molecule has 0 bridgehead atoms. The van der Waals surface area contributed by atoms with Gasteiger partial charge in [-0.1, -0.05) is 0 Å². The molecule has 1 unspecified atom stereocenters. The zero-order chi connectivity index (χ0) is 13.7. The van der Waals surface area contributed by atoms with E-state index in [1.54, 1.807) is 18.2 Å². The maximum atomic E-state index is 12.0. The van der Waals surface area contributed by atoms with Gasteiger partial charge in [0.05, 0.1) is 31.6 Å². The van der Waals surface area contributed by atoms with E-state index in [1.807, 2.05) is 6.92 Å². The molecule has 0 radical (unpaired) electrons. The predicted molar refractivity (Wildman–Crippen MR) is 71.9 cm³/mol. The molecule has 0 aliphatic carbocycles. The quantitative estimate of drug-likeness (QED) is 0.543. The van der Waals surface area contributed by atoms with E-state index in [2.05, 4.69) is 10.7 Å². The van der Waals surface area contributed by atoms with Crippen LogP contribution in [0.5, 0.6) is 0 Å². The summed E-state index contributed by atoms with van der Waals surface area (Å²) in [5.41, 5.74) is 4.91. The summed E-state index contributed by atoms with van der Waals surface area (Å²) in [6.45, 7) is 4.07. The Labute approximate surface area is 112 Å². The Kier molecular flexibility index (Phi) is 4.73. The molecule has 1 aromatic rings. The van der Waals surface area contributed by atoms with Crippen LogP contribution in [-0.4, -0.2) is 38.4 Å². The van der Waals surface area contributed by atoms with Crippen molar-refractivity contribution in [3.8, 4) is 0 Å². The lowest BCUT2D eigenvalue weighted by molar-refractivity contribution is -0.0855. The number of hydrogen-bond acceptors (Lipinski definition) is 5. The summed E-state index contributed by atoms with van der Waals surface area (Å²) in [6.07, 6.45) is -0.0659. The standard InChI is InChI=1S/C13H19N3O3/c1-9-6-10(2-3-12(9)16-14)13(17)15-7-11-8-18-4-5-19-11/h2-3,6,11,16H,4-5,7-8,14H2,1H3,(H,15,17). The van der Waals surface area contributed by atoms with E-state index in [0.717, 1.165) is 11.3 Å². The molecule has 4 N–H and O–H groups in total. The summed E-state index contributed by atoms with van der Waals surface area (Å²) in [5, 5.41) is 2.84. The molecule has 2 rings (SSSR count). The third kappa shape index (κ3) is 3.66. The van der Waals surface area contributed by atoms with Gasteiger partial charge in [-0.25, -0.2) is 0 Å². The maximum absolute atomic E-state index is 12.0. The zero-order valence-electron chi connectivity index (χ0n) is 10.9. The first-order valence-electron chi connectivity index (χ1n) is 6.25. The third-order valence-corrected chi connectivity index (χ3v) is 3.02. The summed E-state index contributed by atoms with van der Waals surface area (Å²) in [4.78, 5) is 12.0. The molecule has 0 saturated carbocycles. The second-order valence-electron chi connectivity index (χ2n) is 4.45. The van der Waals surface area contributed by atoms with E-state index in [4.69, 9.17) is 15.3 Å². The van der Waals surface area contributed by atoms with Crippen LogP contribution in [0.25, 0.3) is 0 Å². The van der Waals surface area contributed by atoms with Crippen molar-refractivity contribution in [2.24, 2.45) is 5.84 Å². The van der Waals surface area contributed by atoms with Gasteiger partial charge in [-0.3, -0.25) is 10.6 Å². The Morgan fingerprint density at radius 1 is 1.47 bits per heavy atom. The molecule has 1 aliphatic rings. The van der Waals surface area contributed by atoms with E-state index < -0.39 is 0 Å². The number of rotatable bonds is 4. The van der Waals surface area contributed by atoms with E-state index in [9.17, 15) is 4.79 Å². The number of carbonyl (C=O) groups is 1. The molecule has 1 amide bonds. The molecule has 104 valence electrons. The van der Waals surface area contributed by atoms with Gasteiger partial charge < -0.3 is 20.2 Å². The number of carbonyl (C=O) groups excluding carboxylic acids is 1. The van der Waals surface area contributed by atoms with Gasteiger partial charge in [0.15, 0.2) is 0 Å². The van der Waals surface area contributed by atoms with Crippen LogP contribution < -0.4 is 16.6 Å². The van der Waals surface area contributed by atoms with E-state index in [-0.39, 0.29) is 12.0 Å². The number of hydrogen-bond donors (Lipinski definition) is 3. The Morgan fingerprint density at radius 2 is 2.32 bits per heavy atom. The monoisotopic (exact) mass is 265 g/mol. The Morgan fingerprint density at radius 3 is 2.95 bits per heavy atom. The molecule has 1 aromatic carbocycles. The highest BCUT2D eigenvalue weighted by atomic mass is 16.6. The van der Waals surface area contributed by atoms with E-state index in [1.165, 1.54) is 0 Å². The molecule has 1 aliphatic heterocycles. The first kappa shape index (κ1) is 13.8. The molecule has 6 heteroatoms. The van der Waals surface area contributed by atoms with Gasteiger partial charge in [0.25, 0.3) is 5.91 Å². The van der Waals surface area contributed by atoms with Crippen LogP contribution in [0.1, 0.15) is 15.9 Å². The van der Waals surface area contributed by atoms with Gasteiger partial charge in [-0.05, 0) is 30.7 Å². The van der Waals surface area contributed by atoms with Crippen LogP contribution in [-0.2, 0) is 9.47 Å². The molecule has 1 saturated heterocycles.